The molecule has 0 saturated carbocycles. The first-order chi connectivity index (χ1) is 14.2. The molecule has 0 saturated heterocycles. The van der Waals surface area contributed by atoms with Crippen LogP contribution in [0.25, 0.3) is 28.5 Å². The highest BCUT2D eigenvalue weighted by molar-refractivity contribution is 6.30. The van der Waals surface area contributed by atoms with Crippen LogP contribution in [0.5, 0.6) is 0 Å². The maximum absolute atomic E-state index is 12.5. The van der Waals surface area contributed by atoms with Crippen LogP contribution >= 0.6 is 36.4 Å². The van der Waals surface area contributed by atoms with Crippen molar-refractivity contribution in [2.45, 2.75) is 6.92 Å². The monoisotopic (exact) mass is 475 g/mol. The Kier molecular flexibility index (Phi) is 8.63. The smallest absolute Gasteiger partial charge is 0.338 e. The van der Waals surface area contributed by atoms with Gasteiger partial charge in [-0.2, -0.15) is 0 Å². The fraction of sp³-hybridized carbons (Fsp3) is 0.0870. The van der Waals surface area contributed by atoms with Crippen LogP contribution in [0.2, 0.25) is 5.02 Å². The predicted octanol–water partition coefficient (Wildman–Crippen LogP) is 6.28. The number of carbonyl (C=O) groups excluding carboxylic acids is 1. The van der Waals surface area contributed by atoms with Gasteiger partial charge in [0.1, 0.15) is 0 Å². The van der Waals surface area contributed by atoms with Gasteiger partial charge in [-0.1, -0.05) is 60.1 Å². The Morgan fingerprint density at radius 3 is 2.16 bits per heavy atom. The van der Waals surface area contributed by atoms with Gasteiger partial charge in [0.25, 0.3) is 0 Å². The summed E-state index contributed by atoms with van der Waals surface area (Å²) in [5.41, 5.74) is 2.84. The first kappa shape index (κ1) is 24.4. The molecule has 1 aromatic heterocycles. The molecule has 5 nitrogen and oxygen atoms in total. The van der Waals surface area contributed by atoms with E-state index in [0.29, 0.717) is 34.4 Å². The number of carbonyl (C=O) groups is 1. The molecule has 0 fully saturated rings. The van der Waals surface area contributed by atoms with Crippen molar-refractivity contribution in [3.8, 4) is 28.5 Å². The van der Waals surface area contributed by atoms with Gasteiger partial charge >= 0.3 is 5.97 Å². The molecular formula is C23H20Cl3N3O2. The number of aromatic nitrogens is 3. The van der Waals surface area contributed by atoms with E-state index in [0.717, 1.165) is 11.3 Å². The fourth-order valence-electron chi connectivity index (χ4n) is 3.13. The fourth-order valence-corrected chi connectivity index (χ4v) is 3.26. The summed E-state index contributed by atoms with van der Waals surface area (Å²) in [6.45, 7) is 2.08. The number of ether oxygens (including phenoxy) is 1. The zero-order valence-corrected chi connectivity index (χ0v) is 19.0. The summed E-state index contributed by atoms with van der Waals surface area (Å²) in [7, 11) is 0. The molecule has 4 rings (SSSR count). The van der Waals surface area contributed by atoms with Crippen LogP contribution in [0.4, 0.5) is 0 Å². The number of hydrogen-bond acceptors (Lipinski definition) is 4. The molecule has 8 heteroatoms. The van der Waals surface area contributed by atoms with Crippen LogP contribution in [-0.2, 0) is 4.74 Å². The normalized spacial score (nSPS) is 10.0. The predicted molar refractivity (Wildman–Crippen MR) is 128 cm³/mol. The van der Waals surface area contributed by atoms with Crippen molar-refractivity contribution in [1.29, 1.82) is 0 Å². The van der Waals surface area contributed by atoms with E-state index >= 15 is 0 Å². The molecule has 3 aromatic carbocycles. The van der Waals surface area contributed by atoms with Gasteiger partial charge in [-0.25, -0.2) is 4.79 Å². The van der Waals surface area contributed by atoms with Crippen LogP contribution in [0.1, 0.15) is 17.3 Å². The standard InChI is InChI=1S/C23H18ClN3O2.2ClH/c1-2-29-23(28)20-11-7-6-10-19(20)22-26-25-21(16-8-4-3-5-9-16)27(22)18-14-12-17(24)13-15-18;;/h3-15H,2H2,1H3;2*1H. The van der Waals surface area contributed by atoms with Crippen molar-refractivity contribution in [1.82, 2.24) is 14.8 Å². The number of benzene rings is 3. The zero-order chi connectivity index (χ0) is 20.2. The first-order valence-corrected chi connectivity index (χ1v) is 9.60. The Hall–Kier alpha value is -2.86. The molecule has 0 spiro atoms. The van der Waals surface area contributed by atoms with Crippen LogP contribution in [-0.4, -0.2) is 27.3 Å². The molecule has 0 radical (unpaired) electrons. The molecule has 0 aliphatic heterocycles. The first-order valence-electron chi connectivity index (χ1n) is 9.22. The highest BCUT2D eigenvalue weighted by Crippen LogP contribution is 2.31. The van der Waals surface area contributed by atoms with Crippen molar-refractivity contribution in [2.24, 2.45) is 0 Å². The quantitative estimate of drug-likeness (QED) is 0.318. The minimum absolute atomic E-state index is 0. The Bertz CT molecular complexity index is 1150. The second kappa shape index (κ2) is 11.0. The number of nitrogens with zero attached hydrogens (tertiary/aromatic N) is 3. The van der Waals surface area contributed by atoms with Gasteiger partial charge in [-0.15, -0.1) is 35.0 Å². The summed E-state index contributed by atoms with van der Waals surface area (Å²) in [5.74, 6) is 0.825. The Balaban J connectivity index is 0.00000171. The summed E-state index contributed by atoms with van der Waals surface area (Å²) in [5, 5.41) is 9.51. The van der Waals surface area contributed by atoms with E-state index in [4.69, 9.17) is 16.3 Å². The van der Waals surface area contributed by atoms with E-state index in [-0.39, 0.29) is 24.8 Å². The van der Waals surface area contributed by atoms with Crippen LogP contribution in [0.15, 0.2) is 78.9 Å². The topological polar surface area (TPSA) is 57.0 Å². The summed E-state index contributed by atoms with van der Waals surface area (Å²) < 4.78 is 7.15. The van der Waals surface area contributed by atoms with E-state index in [1.807, 2.05) is 71.3 Å². The van der Waals surface area contributed by atoms with Crippen molar-refractivity contribution < 1.29 is 9.53 Å². The molecule has 160 valence electrons. The Morgan fingerprint density at radius 2 is 1.48 bits per heavy atom. The average molecular weight is 477 g/mol. The highest BCUT2D eigenvalue weighted by atomic mass is 35.5. The van der Waals surface area contributed by atoms with E-state index in [9.17, 15) is 4.79 Å². The second-order valence-electron chi connectivity index (χ2n) is 6.29. The molecule has 0 N–H and O–H groups in total. The molecule has 0 aliphatic rings. The maximum Gasteiger partial charge on any atom is 0.338 e. The van der Waals surface area contributed by atoms with E-state index in [1.54, 1.807) is 19.1 Å². The van der Waals surface area contributed by atoms with Gasteiger partial charge in [0, 0.05) is 21.8 Å². The lowest BCUT2D eigenvalue weighted by molar-refractivity contribution is 0.0527. The molecule has 31 heavy (non-hydrogen) atoms. The summed E-state index contributed by atoms with van der Waals surface area (Å²) >= 11 is 6.09. The molecule has 0 unspecified atom stereocenters. The average Bonchev–Trinajstić information content (AvgIpc) is 3.20. The largest absolute Gasteiger partial charge is 0.462 e. The van der Waals surface area contributed by atoms with Gasteiger partial charge in [0.2, 0.25) is 0 Å². The number of esters is 1. The van der Waals surface area contributed by atoms with Crippen molar-refractivity contribution in [3.63, 3.8) is 0 Å². The molecular weight excluding hydrogens is 457 g/mol. The number of hydrogen-bond donors (Lipinski definition) is 0. The van der Waals surface area contributed by atoms with Crippen molar-refractivity contribution in [3.05, 3.63) is 89.4 Å². The lowest BCUT2D eigenvalue weighted by atomic mass is 10.1. The lowest BCUT2D eigenvalue weighted by Crippen LogP contribution is -2.08. The van der Waals surface area contributed by atoms with E-state index in [2.05, 4.69) is 10.2 Å². The maximum atomic E-state index is 12.5. The van der Waals surface area contributed by atoms with Gasteiger partial charge in [0.15, 0.2) is 11.6 Å². The minimum atomic E-state index is -0.394. The third-order valence-electron chi connectivity index (χ3n) is 4.44. The zero-order valence-electron chi connectivity index (χ0n) is 16.6. The Morgan fingerprint density at radius 1 is 0.871 bits per heavy atom. The number of halogens is 3. The molecule has 4 aromatic rings. The SMILES string of the molecule is CCOC(=O)c1ccccc1-c1nnc(-c2ccccc2)n1-c1ccc(Cl)cc1.Cl.Cl. The lowest BCUT2D eigenvalue weighted by Gasteiger charge is -2.13. The summed E-state index contributed by atoms with van der Waals surface area (Å²) in [6.07, 6.45) is 0. The molecule has 0 bridgehead atoms. The highest BCUT2D eigenvalue weighted by Gasteiger charge is 2.22. The van der Waals surface area contributed by atoms with Crippen LogP contribution < -0.4 is 0 Å². The molecule has 0 atom stereocenters. The Labute approximate surface area is 197 Å². The van der Waals surface area contributed by atoms with Gasteiger partial charge in [0.05, 0.1) is 12.2 Å². The minimum Gasteiger partial charge on any atom is -0.462 e. The third kappa shape index (κ3) is 5.07. The van der Waals surface area contributed by atoms with Gasteiger partial charge < -0.3 is 4.74 Å². The summed E-state index contributed by atoms with van der Waals surface area (Å²) in [4.78, 5) is 12.5. The van der Waals surface area contributed by atoms with Gasteiger partial charge in [-0.3, -0.25) is 4.57 Å². The summed E-state index contributed by atoms with van der Waals surface area (Å²) in [6, 6.07) is 24.4. The molecule has 1 heterocycles. The third-order valence-corrected chi connectivity index (χ3v) is 4.70. The van der Waals surface area contributed by atoms with Gasteiger partial charge in [-0.05, 0) is 37.3 Å². The van der Waals surface area contributed by atoms with Crippen molar-refractivity contribution >= 4 is 42.4 Å². The van der Waals surface area contributed by atoms with E-state index in [1.165, 1.54) is 0 Å². The van der Waals surface area contributed by atoms with Crippen LogP contribution in [0, 0.1) is 0 Å². The molecule has 0 amide bonds. The number of rotatable bonds is 5. The second-order valence-corrected chi connectivity index (χ2v) is 6.73. The van der Waals surface area contributed by atoms with Crippen molar-refractivity contribution in [2.75, 3.05) is 6.61 Å². The van der Waals surface area contributed by atoms with E-state index < -0.39 is 5.97 Å². The van der Waals surface area contributed by atoms with Crippen LogP contribution in [0.3, 0.4) is 0 Å². The molecule has 0 aliphatic carbocycles.